The number of rotatable bonds is 11. The van der Waals surface area contributed by atoms with E-state index in [1.165, 1.54) is 0 Å². The molecule has 0 aliphatic heterocycles. The minimum absolute atomic E-state index is 0.258. The summed E-state index contributed by atoms with van der Waals surface area (Å²) in [6.45, 7) is 7.16. The van der Waals surface area contributed by atoms with E-state index in [9.17, 15) is 4.79 Å². The number of nitrogens with two attached hydrogens (primary N) is 1. The number of hydrogen-bond donors (Lipinski definition) is 1. The van der Waals surface area contributed by atoms with Gasteiger partial charge in [0.1, 0.15) is 0 Å². The Morgan fingerprint density at radius 3 is 2.44 bits per heavy atom. The molecule has 0 aliphatic carbocycles. The number of nitrogens with zero attached hydrogens (tertiary/aromatic N) is 1. The molecule has 0 bridgehead atoms. The molecule has 4 heteroatoms. The first-order chi connectivity index (χ1) is 8.61. The second kappa shape index (κ2) is 11.5. The summed E-state index contributed by atoms with van der Waals surface area (Å²) in [5.41, 5.74) is 5.44. The molecule has 0 heterocycles. The number of carbonyl (C=O) groups excluding carboxylic acids is 1. The monoisotopic (exact) mass is 258 g/mol. The van der Waals surface area contributed by atoms with Crippen LogP contribution in [0.25, 0.3) is 0 Å². The average molecular weight is 258 g/mol. The molecule has 0 saturated heterocycles. The van der Waals surface area contributed by atoms with Crippen LogP contribution in [0.4, 0.5) is 0 Å². The first-order valence-corrected chi connectivity index (χ1v) is 7.08. The Kier molecular flexibility index (Phi) is 11.1. The van der Waals surface area contributed by atoms with E-state index in [0.717, 1.165) is 38.8 Å². The quantitative estimate of drug-likeness (QED) is 0.577. The summed E-state index contributed by atoms with van der Waals surface area (Å²) in [7, 11) is 1.67. The molecule has 1 amide bonds. The summed E-state index contributed by atoms with van der Waals surface area (Å²) >= 11 is 0. The molecular formula is C14H30N2O2. The van der Waals surface area contributed by atoms with Crippen molar-refractivity contribution in [3.05, 3.63) is 0 Å². The first kappa shape index (κ1) is 17.4. The van der Waals surface area contributed by atoms with Gasteiger partial charge < -0.3 is 15.4 Å². The summed E-state index contributed by atoms with van der Waals surface area (Å²) in [4.78, 5) is 14.0. The van der Waals surface area contributed by atoms with Crippen LogP contribution in [0.15, 0.2) is 0 Å². The Hall–Kier alpha value is -0.610. The van der Waals surface area contributed by atoms with Gasteiger partial charge in [-0.2, -0.15) is 0 Å². The highest BCUT2D eigenvalue weighted by atomic mass is 16.5. The highest BCUT2D eigenvalue weighted by Crippen LogP contribution is 2.07. The van der Waals surface area contributed by atoms with E-state index < -0.39 is 0 Å². The van der Waals surface area contributed by atoms with Gasteiger partial charge in [-0.05, 0) is 25.3 Å². The normalized spacial score (nSPS) is 10.9. The van der Waals surface area contributed by atoms with Crippen molar-refractivity contribution in [2.45, 2.75) is 46.0 Å². The third-order valence-corrected chi connectivity index (χ3v) is 2.85. The number of unbranched alkanes of at least 4 members (excludes halogenated alkanes) is 3. The van der Waals surface area contributed by atoms with E-state index in [0.29, 0.717) is 25.5 Å². The van der Waals surface area contributed by atoms with E-state index in [2.05, 4.69) is 13.8 Å². The van der Waals surface area contributed by atoms with E-state index in [4.69, 9.17) is 10.5 Å². The molecule has 0 saturated carbocycles. The molecule has 0 aliphatic rings. The second-order valence-corrected chi connectivity index (χ2v) is 5.18. The fraction of sp³-hybridized carbons (Fsp3) is 0.929. The van der Waals surface area contributed by atoms with Crippen LogP contribution in [-0.4, -0.2) is 44.2 Å². The van der Waals surface area contributed by atoms with Crippen molar-refractivity contribution in [2.24, 2.45) is 11.7 Å². The maximum atomic E-state index is 12.1. The molecule has 4 nitrogen and oxygen atoms in total. The molecule has 0 aromatic rings. The Balaban J connectivity index is 3.88. The van der Waals surface area contributed by atoms with Crippen LogP contribution < -0.4 is 5.73 Å². The molecule has 0 unspecified atom stereocenters. The van der Waals surface area contributed by atoms with Gasteiger partial charge in [0, 0.05) is 26.6 Å². The van der Waals surface area contributed by atoms with Crippen molar-refractivity contribution in [1.29, 1.82) is 0 Å². The predicted molar refractivity (Wildman–Crippen MR) is 75.4 cm³/mol. The third-order valence-electron chi connectivity index (χ3n) is 2.85. The summed E-state index contributed by atoms with van der Waals surface area (Å²) in [5.74, 6) is 0.761. The highest BCUT2D eigenvalue weighted by Gasteiger charge is 2.13. The van der Waals surface area contributed by atoms with Crippen molar-refractivity contribution in [3.8, 4) is 0 Å². The molecule has 0 radical (unpaired) electrons. The maximum absolute atomic E-state index is 12.1. The van der Waals surface area contributed by atoms with Gasteiger partial charge in [0.25, 0.3) is 0 Å². The lowest BCUT2D eigenvalue weighted by atomic mass is 10.1. The SMILES string of the molecule is COCCN(CC(C)C)C(=O)CCCCCCN. The fourth-order valence-corrected chi connectivity index (χ4v) is 1.89. The second-order valence-electron chi connectivity index (χ2n) is 5.18. The maximum Gasteiger partial charge on any atom is 0.222 e. The van der Waals surface area contributed by atoms with Crippen molar-refractivity contribution in [1.82, 2.24) is 4.90 Å². The standard InChI is InChI=1S/C14H30N2O2/c1-13(2)12-16(10-11-18-3)14(17)8-6-4-5-7-9-15/h13H,4-12,15H2,1-3H3. The lowest BCUT2D eigenvalue weighted by Crippen LogP contribution is -2.36. The van der Waals surface area contributed by atoms with Crippen LogP contribution in [0.3, 0.4) is 0 Å². The van der Waals surface area contributed by atoms with E-state index in [-0.39, 0.29) is 5.91 Å². The Labute approximate surface area is 112 Å². The zero-order valence-corrected chi connectivity index (χ0v) is 12.3. The molecule has 0 spiro atoms. The molecule has 0 aromatic heterocycles. The molecule has 0 fully saturated rings. The minimum atomic E-state index is 0.258. The average Bonchev–Trinajstić information content (AvgIpc) is 2.33. The summed E-state index contributed by atoms with van der Waals surface area (Å²) in [6.07, 6.45) is 4.92. The summed E-state index contributed by atoms with van der Waals surface area (Å²) in [5, 5.41) is 0. The van der Waals surface area contributed by atoms with Gasteiger partial charge >= 0.3 is 0 Å². The van der Waals surface area contributed by atoms with Gasteiger partial charge in [0.15, 0.2) is 0 Å². The lowest BCUT2D eigenvalue weighted by molar-refractivity contribution is -0.132. The van der Waals surface area contributed by atoms with Gasteiger partial charge in [-0.3, -0.25) is 4.79 Å². The van der Waals surface area contributed by atoms with Gasteiger partial charge in [0.05, 0.1) is 6.61 Å². The van der Waals surface area contributed by atoms with E-state index >= 15 is 0 Å². The number of carbonyl (C=O) groups is 1. The molecular weight excluding hydrogens is 228 g/mol. The van der Waals surface area contributed by atoms with Gasteiger partial charge in [-0.25, -0.2) is 0 Å². The zero-order valence-electron chi connectivity index (χ0n) is 12.3. The van der Waals surface area contributed by atoms with Crippen molar-refractivity contribution in [2.75, 3.05) is 33.4 Å². The van der Waals surface area contributed by atoms with Crippen LogP contribution in [0, 0.1) is 5.92 Å². The van der Waals surface area contributed by atoms with Crippen LogP contribution >= 0.6 is 0 Å². The van der Waals surface area contributed by atoms with E-state index in [1.54, 1.807) is 7.11 Å². The Morgan fingerprint density at radius 2 is 1.89 bits per heavy atom. The van der Waals surface area contributed by atoms with Gasteiger partial charge in [-0.15, -0.1) is 0 Å². The summed E-state index contributed by atoms with van der Waals surface area (Å²) in [6, 6.07) is 0. The molecule has 108 valence electrons. The van der Waals surface area contributed by atoms with Crippen LogP contribution in [0.1, 0.15) is 46.0 Å². The number of methoxy groups -OCH3 is 1. The van der Waals surface area contributed by atoms with Crippen molar-refractivity contribution < 1.29 is 9.53 Å². The van der Waals surface area contributed by atoms with Crippen LogP contribution in [-0.2, 0) is 9.53 Å². The smallest absolute Gasteiger partial charge is 0.222 e. The minimum Gasteiger partial charge on any atom is -0.383 e. The Bertz CT molecular complexity index is 208. The lowest BCUT2D eigenvalue weighted by Gasteiger charge is -2.24. The van der Waals surface area contributed by atoms with Gasteiger partial charge in [0.2, 0.25) is 5.91 Å². The van der Waals surface area contributed by atoms with Gasteiger partial charge in [-0.1, -0.05) is 26.7 Å². The largest absolute Gasteiger partial charge is 0.383 e. The molecule has 0 rings (SSSR count). The molecule has 0 atom stereocenters. The number of hydrogen-bond acceptors (Lipinski definition) is 3. The molecule has 2 N–H and O–H groups in total. The van der Waals surface area contributed by atoms with Crippen molar-refractivity contribution >= 4 is 5.91 Å². The third kappa shape index (κ3) is 9.42. The van der Waals surface area contributed by atoms with Crippen molar-refractivity contribution in [3.63, 3.8) is 0 Å². The first-order valence-electron chi connectivity index (χ1n) is 7.08. The topological polar surface area (TPSA) is 55.6 Å². The van der Waals surface area contributed by atoms with Crippen LogP contribution in [0.2, 0.25) is 0 Å². The molecule has 0 aromatic carbocycles. The van der Waals surface area contributed by atoms with E-state index in [1.807, 2.05) is 4.90 Å². The highest BCUT2D eigenvalue weighted by molar-refractivity contribution is 5.76. The molecule has 18 heavy (non-hydrogen) atoms. The Morgan fingerprint density at radius 1 is 1.22 bits per heavy atom. The number of amides is 1. The fourth-order valence-electron chi connectivity index (χ4n) is 1.89. The summed E-state index contributed by atoms with van der Waals surface area (Å²) < 4.78 is 5.05. The predicted octanol–water partition coefficient (Wildman–Crippen LogP) is 2.03. The van der Waals surface area contributed by atoms with Crippen LogP contribution in [0.5, 0.6) is 0 Å². The number of ether oxygens (including phenoxy) is 1. The zero-order chi connectivity index (χ0) is 13.8.